The molecule has 1 aromatic carbocycles. The Morgan fingerprint density at radius 2 is 1.85 bits per heavy atom. The molecule has 3 heteroatoms. The van der Waals surface area contributed by atoms with Gasteiger partial charge in [-0.1, -0.05) is 62.9 Å². The zero-order chi connectivity index (χ0) is 15.0. The second-order valence-corrected chi connectivity index (χ2v) is 6.48. The van der Waals surface area contributed by atoms with Crippen LogP contribution in [0.1, 0.15) is 52.0 Å². The fourth-order valence-electron chi connectivity index (χ4n) is 2.69. The summed E-state index contributed by atoms with van der Waals surface area (Å²) >= 11 is 12.2. The van der Waals surface area contributed by atoms with Gasteiger partial charge in [-0.15, -0.1) is 0 Å². The van der Waals surface area contributed by atoms with Crippen LogP contribution in [0.5, 0.6) is 0 Å². The lowest BCUT2D eigenvalue weighted by Crippen LogP contribution is -2.36. The van der Waals surface area contributed by atoms with Crippen molar-refractivity contribution in [2.24, 2.45) is 5.41 Å². The van der Waals surface area contributed by atoms with Crippen LogP contribution in [-0.2, 0) is 6.42 Å². The molecule has 1 atom stereocenters. The Labute approximate surface area is 134 Å². The third kappa shape index (κ3) is 5.27. The molecule has 0 aliphatic rings. The van der Waals surface area contributed by atoms with Crippen LogP contribution in [0.3, 0.4) is 0 Å². The standard InChI is InChI=1S/C17H27Cl2N/c1-4-7-10-17(5-2,13-20-6-3)12-14-8-9-15(18)16(19)11-14/h8-9,11,20H,4-7,10,12-13H2,1-3H3. The highest BCUT2D eigenvalue weighted by atomic mass is 35.5. The van der Waals surface area contributed by atoms with E-state index in [1.54, 1.807) is 0 Å². The molecule has 0 aromatic heterocycles. The van der Waals surface area contributed by atoms with Crippen LogP contribution < -0.4 is 5.32 Å². The average molecular weight is 316 g/mol. The molecule has 0 fully saturated rings. The quantitative estimate of drug-likeness (QED) is 0.613. The molecule has 0 bridgehead atoms. The Hall–Kier alpha value is -0.240. The summed E-state index contributed by atoms with van der Waals surface area (Å²) in [6, 6.07) is 6.04. The van der Waals surface area contributed by atoms with Crippen molar-refractivity contribution in [3.8, 4) is 0 Å². The highest BCUT2D eigenvalue weighted by molar-refractivity contribution is 6.42. The highest BCUT2D eigenvalue weighted by Gasteiger charge is 2.27. The van der Waals surface area contributed by atoms with E-state index in [-0.39, 0.29) is 0 Å². The molecule has 1 unspecified atom stereocenters. The fraction of sp³-hybridized carbons (Fsp3) is 0.647. The fourth-order valence-corrected chi connectivity index (χ4v) is 3.01. The molecule has 0 radical (unpaired) electrons. The number of nitrogens with one attached hydrogen (secondary N) is 1. The van der Waals surface area contributed by atoms with Crippen LogP contribution in [0.15, 0.2) is 18.2 Å². The molecule has 0 aliphatic heterocycles. The normalized spacial score (nSPS) is 14.2. The molecule has 20 heavy (non-hydrogen) atoms. The first kappa shape index (κ1) is 17.8. The summed E-state index contributed by atoms with van der Waals surface area (Å²) in [5.74, 6) is 0. The van der Waals surface area contributed by atoms with Gasteiger partial charge >= 0.3 is 0 Å². The Balaban J connectivity index is 2.87. The third-order valence-electron chi connectivity index (χ3n) is 4.12. The molecule has 0 saturated heterocycles. The van der Waals surface area contributed by atoms with E-state index in [2.05, 4.69) is 32.2 Å². The zero-order valence-electron chi connectivity index (χ0n) is 12.9. The number of hydrogen-bond donors (Lipinski definition) is 1. The predicted octanol–water partition coefficient (Wildman–Crippen LogP) is 5.73. The van der Waals surface area contributed by atoms with Gasteiger partial charge in [-0.05, 0) is 48.9 Å². The Morgan fingerprint density at radius 3 is 2.40 bits per heavy atom. The third-order valence-corrected chi connectivity index (χ3v) is 4.86. The molecule has 0 aliphatic carbocycles. The van der Waals surface area contributed by atoms with Crippen molar-refractivity contribution >= 4 is 23.2 Å². The van der Waals surface area contributed by atoms with E-state index >= 15 is 0 Å². The largest absolute Gasteiger partial charge is 0.316 e. The van der Waals surface area contributed by atoms with Crippen LogP contribution in [0.4, 0.5) is 0 Å². The molecule has 1 rings (SSSR count). The van der Waals surface area contributed by atoms with Crippen molar-refractivity contribution in [1.82, 2.24) is 5.32 Å². The van der Waals surface area contributed by atoms with Crippen molar-refractivity contribution in [3.05, 3.63) is 33.8 Å². The first-order chi connectivity index (χ1) is 9.56. The maximum absolute atomic E-state index is 6.15. The van der Waals surface area contributed by atoms with Gasteiger partial charge in [0.15, 0.2) is 0 Å². The number of benzene rings is 1. The molecule has 1 nitrogen and oxygen atoms in total. The number of halogens is 2. The van der Waals surface area contributed by atoms with E-state index in [1.165, 1.54) is 31.2 Å². The smallest absolute Gasteiger partial charge is 0.0595 e. The van der Waals surface area contributed by atoms with Crippen molar-refractivity contribution in [2.75, 3.05) is 13.1 Å². The molecule has 0 amide bonds. The predicted molar refractivity (Wildman–Crippen MR) is 91.0 cm³/mol. The van der Waals surface area contributed by atoms with Gasteiger partial charge in [0, 0.05) is 6.54 Å². The van der Waals surface area contributed by atoms with Gasteiger partial charge in [0.05, 0.1) is 10.0 Å². The van der Waals surface area contributed by atoms with Gasteiger partial charge in [-0.25, -0.2) is 0 Å². The molecular weight excluding hydrogens is 289 g/mol. The monoisotopic (exact) mass is 315 g/mol. The first-order valence-corrected chi connectivity index (χ1v) is 8.47. The lowest BCUT2D eigenvalue weighted by atomic mass is 9.75. The topological polar surface area (TPSA) is 12.0 Å². The highest BCUT2D eigenvalue weighted by Crippen LogP contribution is 2.34. The van der Waals surface area contributed by atoms with E-state index < -0.39 is 0 Å². The maximum atomic E-state index is 6.15. The molecule has 1 aromatic rings. The van der Waals surface area contributed by atoms with E-state index in [4.69, 9.17) is 23.2 Å². The van der Waals surface area contributed by atoms with Crippen molar-refractivity contribution in [2.45, 2.75) is 52.9 Å². The Kier molecular flexibility index (Phi) is 7.94. The summed E-state index contributed by atoms with van der Waals surface area (Å²) in [7, 11) is 0. The van der Waals surface area contributed by atoms with Gasteiger partial charge in [0.25, 0.3) is 0 Å². The zero-order valence-corrected chi connectivity index (χ0v) is 14.4. The molecule has 0 saturated carbocycles. The van der Waals surface area contributed by atoms with Gasteiger partial charge in [0.1, 0.15) is 0 Å². The van der Waals surface area contributed by atoms with Crippen LogP contribution in [0.2, 0.25) is 10.0 Å². The van der Waals surface area contributed by atoms with E-state index in [0.29, 0.717) is 15.5 Å². The second kappa shape index (κ2) is 8.92. The maximum Gasteiger partial charge on any atom is 0.0595 e. The second-order valence-electron chi connectivity index (χ2n) is 5.66. The SMILES string of the molecule is CCCCC(CC)(CNCC)Cc1ccc(Cl)c(Cl)c1. The van der Waals surface area contributed by atoms with Crippen LogP contribution in [-0.4, -0.2) is 13.1 Å². The van der Waals surface area contributed by atoms with Crippen LogP contribution >= 0.6 is 23.2 Å². The van der Waals surface area contributed by atoms with Crippen molar-refractivity contribution in [1.29, 1.82) is 0 Å². The Bertz CT molecular complexity index is 396. The molecular formula is C17H27Cl2N. The molecule has 0 heterocycles. The van der Waals surface area contributed by atoms with E-state index in [0.717, 1.165) is 19.5 Å². The van der Waals surface area contributed by atoms with E-state index in [9.17, 15) is 0 Å². The van der Waals surface area contributed by atoms with Gasteiger partial charge in [0.2, 0.25) is 0 Å². The average Bonchev–Trinajstić information content (AvgIpc) is 2.46. The minimum absolute atomic E-state index is 0.323. The molecule has 1 N–H and O–H groups in total. The van der Waals surface area contributed by atoms with Crippen LogP contribution in [0, 0.1) is 5.41 Å². The summed E-state index contributed by atoms with van der Waals surface area (Å²) < 4.78 is 0. The first-order valence-electron chi connectivity index (χ1n) is 7.71. The lowest BCUT2D eigenvalue weighted by Gasteiger charge is -2.33. The van der Waals surface area contributed by atoms with Crippen LogP contribution in [0.25, 0.3) is 0 Å². The van der Waals surface area contributed by atoms with E-state index in [1.807, 2.05) is 12.1 Å². The lowest BCUT2D eigenvalue weighted by molar-refractivity contribution is 0.231. The summed E-state index contributed by atoms with van der Waals surface area (Å²) in [6.45, 7) is 8.81. The summed E-state index contributed by atoms with van der Waals surface area (Å²) in [6.07, 6.45) is 6.02. The van der Waals surface area contributed by atoms with Crippen molar-refractivity contribution < 1.29 is 0 Å². The van der Waals surface area contributed by atoms with Gasteiger partial charge in [-0.3, -0.25) is 0 Å². The summed E-state index contributed by atoms with van der Waals surface area (Å²) in [5, 5.41) is 4.83. The van der Waals surface area contributed by atoms with Gasteiger partial charge < -0.3 is 5.32 Å². The molecule has 0 spiro atoms. The number of rotatable bonds is 9. The minimum atomic E-state index is 0.323. The summed E-state index contributed by atoms with van der Waals surface area (Å²) in [4.78, 5) is 0. The van der Waals surface area contributed by atoms with Gasteiger partial charge in [-0.2, -0.15) is 0 Å². The molecule has 114 valence electrons. The van der Waals surface area contributed by atoms with Crippen molar-refractivity contribution in [3.63, 3.8) is 0 Å². The number of hydrogen-bond acceptors (Lipinski definition) is 1. The summed E-state index contributed by atoms with van der Waals surface area (Å²) in [5.41, 5.74) is 1.61. The number of unbranched alkanes of at least 4 members (excludes halogenated alkanes) is 1. The minimum Gasteiger partial charge on any atom is -0.316 e. The Morgan fingerprint density at radius 1 is 1.10 bits per heavy atom.